The minimum Gasteiger partial charge on any atom is -0.477 e. The minimum atomic E-state index is -1.18. The van der Waals surface area contributed by atoms with Crippen molar-refractivity contribution in [1.82, 2.24) is 15.2 Å². The highest BCUT2D eigenvalue weighted by Gasteiger charge is 2.55. The SMILES string of the molecule is CO/N=C(\C(=O)N[C@@H]1C(=O)N2C(C(=O)O)=C([C@@H]3CCCO3)CS[C@H]12)c1csc(N)n1. The van der Waals surface area contributed by atoms with Gasteiger partial charge in [-0.05, 0) is 18.4 Å². The number of carbonyl (C=O) groups is 3. The number of nitrogens with one attached hydrogen (secondary N) is 1. The van der Waals surface area contributed by atoms with Crippen LogP contribution >= 0.6 is 23.1 Å². The fourth-order valence-electron chi connectivity index (χ4n) is 3.64. The maximum absolute atomic E-state index is 12.8. The van der Waals surface area contributed by atoms with Gasteiger partial charge in [0.25, 0.3) is 11.8 Å². The molecule has 0 unspecified atom stereocenters. The average Bonchev–Trinajstić information content (AvgIpc) is 3.40. The van der Waals surface area contributed by atoms with Gasteiger partial charge in [0, 0.05) is 17.7 Å². The third-order valence-corrected chi connectivity index (χ3v) is 6.94. The molecule has 4 N–H and O–H groups in total. The molecule has 3 aliphatic rings. The van der Waals surface area contributed by atoms with Crippen LogP contribution < -0.4 is 11.1 Å². The molecule has 0 radical (unpaired) electrons. The van der Waals surface area contributed by atoms with Gasteiger partial charge in [0.05, 0.1) is 6.10 Å². The van der Waals surface area contributed by atoms with Gasteiger partial charge in [-0.25, -0.2) is 9.78 Å². The second kappa shape index (κ2) is 8.24. The molecule has 3 atom stereocenters. The van der Waals surface area contributed by atoms with Gasteiger partial charge in [-0.2, -0.15) is 0 Å². The monoisotopic (exact) mass is 453 g/mol. The molecule has 4 heterocycles. The van der Waals surface area contributed by atoms with Gasteiger partial charge < -0.3 is 25.7 Å². The van der Waals surface area contributed by atoms with E-state index < -0.39 is 29.2 Å². The Morgan fingerprint density at radius 2 is 2.30 bits per heavy atom. The number of hydrogen-bond acceptors (Lipinski definition) is 10. The Labute approximate surface area is 179 Å². The molecule has 0 bridgehead atoms. The second-order valence-electron chi connectivity index (χ2n) is 6.74. The molecule has 11 nitrogen and oxygen atoms in total. The molecular formula is C17H19N5O6S2. The maximum Gasteiger partial charge on any atom is 0.352 e. The number of thiazole rings is 1. The molecule has 160 valence electrons. The quantitative estimate of drug-likeness (QED) is 0.306. The number of fused-ring (bicyclic) bond motifs is 1. The van der Waals surface area contributed by atoms with Gasteiger partial charge in [0.15, 0.2) is 10.8 Å². The van der Waals surface area contributed by atoms with Crippen LogP contribution in [0.2, 0.25) is 0 Å². The third kappa shape index (κ3) is 3.52. The summed E-state index contributed by atoms with van der Waals surface area (Å²) in [6.07, 6.45) is 1.29. The first-order valence-corrected chi connectivity index (χ1v) is 11.0. The summed E-state index contributed by atoms with van der Waals surface area (Å²) in [5, 5.41) is 17.3. The number of oxime groups is 1. The predicted octanol–water partition coefficient (Wildman–Crippen LogP) is -0.00660. The van der Waals surface area contributed by atoms with Gasteiger partial charge in [0.2, 0.25) is 0 Å². The summed E-state index contributed by atoms with van der Waals surface area (Å²) in [7, 11) is 1.28. The molecule has 2 saturated heterocycles. The van der Waals surface area contributed by atoms with E-state index in [2.05, 4.69) is 15.5 Å². The van der Waals surface area contributed by atoms with Crippen LogP contribution in [-0.4, -0.2) is 75.5 Å². The number of nitrogen functional groups attached to an aromatic ring is 1. The highest BCUT2D eigenvalue weighted by molar-refractivity contribution is 8.00. The summed E-state index contributed by atoms with van der Waals surface area (Å²) in [6.45, 7) is 0.574. The van der Waals surface area contributed by atoms with Gasteiger partial charge in [0.1, 0.15) is 29.9 Å². The van der Waals surface area contributed by atoms with Crippen LogP contribution in [0.25, 0.3) is 0 Å². The van der Waals surface area contributed by atoms with E-state index in [9.17, 15) is 19.5 Å². The molecule has 3 aliphatic heterocycles. The Hall–Kier alpha value is -2.64. The summed E-state index contributed by atoms with van der Waals surface area (Å²) in [5.41, 5.74) is 6.29. The Balaban J connectivity index is 1.53. The summed E-state index contributed by atoms with van der Waals surface area (Å²) >= 11 is 2.53. The van der Waals surface area contributed by atoms with Crippen molar-refractivity contribution in [3.8, 4) is 0 Å². The van der Waals surface area contributed by atoms with Crippen LogP contribution in [0.1, 0.15) is 18.5 Å². The second-order valence-corrected chi connectivity index (χ2v) is 8.73. The summed E-state index contributed by atoms with van der Waals surface area (Å²) in [6, 6.07) is -0.888. The lowest BCUT2D eigenvalue weighted by Crippen LogP contribution is -2.71. The lowest BCUT2D eigenvalue weighted by Gasteiger charge is -2.49. The summed E-state index contributed by atoms with van der Waals surface area (Å²) in [4.78, 5) is 47.4. The van der Waals surface area contributed by atoms with Crippen LogP contribution in [0, 0.1) is 0 Å². The van der Waals surface area contributed by atoms with E-state index in [1.807, 2.05) is 0 Å². The first-order valence-electron chi connectivity index (χ1n) is 9.08. The van der Waals surface area contributed by atoms with Crippen LogP contribution in [0.5, 0.6) is 0 Å². The van der Waals surface area contributed by atoms with Crippen molar-refractivity contribution in [2.45, 2.75) is 30.4 Å². The molecule has 30 heavy (non-hydrogen) atoms. The van der Waals surface area contributed by atoms with Crippen molar-refractivity contribution in [2.75, 3.05) is 25.2 Å². The van der Waals surface area contributed by atoms with Crippen LogP contribution in [0.3, 0.4) is 0 Å². The number of hydrogen-bond donors (Lipinski definition) is 3. The van der Waals surface area contributed by atoms with Crippen molar-refractivity contribution in [2.24, 2.45) is 5.16 Å². The number of nitrogens with zero attached hydrogens (tertiary/aromatic N) is 3. The topological polar surface area (TPSA) is 156 Å². The molecule has 2 amide bonds. The third-order valence-electron chi connectivity index (χ3n) is 4.97. The highest BCUT2D eigenvalue weighted by atomic mass is 32.2. The fourth-order valence-corrected chi connectivity index (χ4v) is 5.60. The fraction of sp³-hybridized carbons (Fsp3) is 0.471. The summed E-state index contributed by atoms with van der Waals surface area (Å²) in [5.74, 6) is -1.92. The number of aliphatic carboxylic acids is 1. The molecule has 1 aromatic heterocycles. The molecule has 0 saturated carbocycles. The van der Waals surface area contributed by atoms with Crippen molar-refractivity contribution >= 4 is 51.7 Å². The first kappa shape index (κ1) is 20.6. The number of carboxylic acids is 1. The molecule has 0 aliphatic carbocycles. The number of carboxylic acid groups (broad SMARTS) is 1. The number of aromatic nitrogens is 1. The van der Waals surface area contributed by atoms with Crippen LogP contribution in [0.15, 0.2) is 21.8 Å². The Morgan fingerprint density at radius 3 is 2.90 bits per heavy atom. The molecule has 13 heteroatoms. The summed E-state index contributed by atoms with van der Waals surface area (Å²) < 4.78 is 5.63. The molecule has 2 fully saturated rings. The standard InChI is InChI=1S/C17H19N5O6S2/c1-27-21-10(8-6-30-17(18)19-8)13(23)20-11-14(24)22-12(16(25)26)7(5-29-15(11)22)9-3-2-4-28-9/h6,9,11,15H,2-5H2,1H3,(H2,18,19)(H,20,23)(H,25,26)/b21-10-/t9-,11+,15+/m0/s1. The predicted molar refractivity (Wildman–Crippen MR) is 109 cm³/mol. The van der Waals surface area contributed by atoms with Crippen molar-refractivity contribution in [1.29, 1.82) is 0 Å². The lowest BCUT2D eigenvalue weighted by molar-refractivity contribution is -0.150. The van der Waals surface area contributed by atoms with Crippen molar-refractivity contribution in [3.63, 3.8) is 0 Å². The zero-order valence-corrected chi connectivity index (χ0v) is 17.5. The number of carbonyl (C=O) groups excluding carboxylic acids is 2. The number of β-lactam (4-membered cyclic amide) rings is 1. The lowest BCUT2D eigenvalue weighted by atomic mass is 9.99. The van der Waals surface area contributed by atoms with E-state index in [-0.39, 0.29) is 28.3 Å². The average molecular weight is 454 g/mol. The van der Waals surface area contributed by atoms with E-state index >= 15 is 0 Å². The van der Waals surface area contributed by atoms with E-state index in [0.29, 0.717) is 17.9 Å². The van der Waals surface area contributed by atoms with Gasteiger partial charge in [-0.15, -0.1) is 23.1 Å². The largest absolute Gasteiger partial charge is 0.477 e. The number of anilines is 1. The number of ether oxygens (including phenoxy) is 1. The zero-order chi connectivity index (χ0) is 21.4. The Kier molecular flexibility index (Phi) is 5.66. The maximum atomic E-state index is 12.8. The zero-order valence-electron chi connectivity index (χ0n) is 15.9. The van der Waals surface area contributed by atoms with Crippen LogP contribution in [0.4, 0.5) is 5.13 Å². The molecule has 1 aromatic rings. The molecule has 4 rings (SSSR count). The van der Waals surface area contributed by atoms with Crippen molar-refractivity contribution < 1.29 is 29.1 Å². The number of amides is 2. The number of nitrogens with two attached hydrogens (primary N) is 1. The highest BCUT2D eigenvalue weighted by Crippen LogP contribution is 2.42. The van der Waals surface area contributed by atoms with Gasteiger partial charge in [-0.3, -0.25) is 14.5 Å². The van der Waals surface area contributed by atoms with E-state index in [0.717, 1.165) is 24.2 Å². The van der Waals surface area contributed by atoms with Crippen molar-refractivity contribution in [3.05, 3.63) is 22.3 Å². The molecular weight excluding hydrogens is 434 g/mol. The normalized spacial score (nSPS) is 26.3. The Bertz CT molecular complexity index is 954. The smallest absolute Gasteiger partial charge is 0.352 e. The first-order chi connectivity index (χ1) is 14.4. The van der Waals surface area contributed by atoms with E-state index in [1.54, 1.807) is 5.38 Å². The number of thioether (sulfide) groups is 1. The van der Waals surface area contributed by atoms with Gasteiger partial charge >= 0.3 is 5.97 Å². The molecule has 0 spiro atoms. The van der Waals surface area contributed by atoms with E-state index in [4.69, 9.17) is 15.3 Å². The van der Waals surface area contributed by atoms with E-state index in [1.165, 1.54) is 23.8 Å². The van der Waals surface area contributed by atoms with Gasteiger partial charge in [-0.1, -0.05) is 5.16 Å². The van der Waals surface area contributed by atoms with Crippen LogP contribution in [-0.2, 0) is 24.0 Å². The Morgan fingerprint density at radius 1 is 1.50 bits per heavy atom. The minimum absolute atomic E-state index is 0.0424. The number of rotatable bonds is 6. The molecule has 0 aromatic carbocycles.